The van der Waals surface area contributed by atoms with Crippen LogP contribution in [0.1, 0.15) is 50.5 Å². The minimum absolute atomic E-state index is 0.213. The molecule has 2 aliphatic rings. The fourth-order valence-electron chi connectivity index (χ4n) is 3.72. The van der Waals surface area contributed by atoms with E-state index >= 15 is 0 Å². The number of pyridine rings is 1. The lowest BCUT2D eigenvalue weighted by Gasteiger charge is -2.43. The number of nitrogens with zero attached hydrogens (tertiary/aromatic N) is 1. The summed E-state index contributed by atoms with van der Waals surface area (Å²) in [6.07, 6.45) is 13.9. The average molecular weight is 274 g/mol. The molecule has 1 aromatic heterocycles. The molecule has 3 rings (SSSR count). The van der Waals surface area contributed by atoms with E-state index in [2.05, 4.69) is 22.4 Å². The third kappa shape index (κ3) is 3.58. The third-order valence-electron chi connectivity index (χ3n) is 4.85. The number of hydrogen-bond donors (Lipinski definition) is 1. The summed E-state index contributed by atoms with van der Waals surface area (Å²) >= 11 is 0. The van der Waals surface area contributed by atoms with Crippen molar-refractivity contribution in [2.24, 2.45) is 0 Å². The van der Waals surface area contributed by atoms with Crippen molar-refractivity contribution in [2.75, 3.05) is 13.2 Å². The molecule has 1 aliphatic heterocycles. The van der Waals surface area contributed by atoms with Gasteiger partial charge >= 0.3 is 0 Å². The van der Waals surface area contributed by atoms with Gasteiger partial charge in [-0.2, -0.15) is 0 Å². The highest BCUT2D eigenvalue weighted by Crippen LogP contribution is 2.38. The summed E-state index contributed by atoms with van der Waals surface area (Å²) in [5.41, 5.74) is 1.58. The van der Waals surface area contributed by atoms with Crippen LogP contribution in [0.3, 0.4) is 0 Å². The zero-order chi connectivity index (χ0) is 13.7. The predicted molar refractivity (Wildman–Crippen MR) is 80.7 cm³/mol. The molecule has 1 saturated carbocycles. The van der Waals surface area contributed by atoms with Gasteiger partial charge in [-0.05, 0) is 56.3 Å². The highest BCUT2D eigenvalue weighted by molar-refractivity contribution is 5.09. The third-order valence-corrected chi connectivity index (χ3v) is 4.85. The Morgan fingerprint density at radius 3 is 2.80 bits per heavy atom. The van der Waals surface area contributed by atoms with Gasteiger partial charge in [0, 0.05) is 25.0 Å². The standard InChI is InChI=1S/C17H26N2O/c1-2-8-17(9-3-1)14-16(7-13-20-17)19-12-6-15-4-10-18-11-5-15/h4-5,10-11,16,19H,1-3,6-9,12-14H2. The second kappa shape index (κ2) is 6.68. The van der Waals surface area contributed by atoms with Crippen LogP contribution in [0, 0.1) is 0 Å². The Morgan fingerprint density at radius 1 is 1.20 bits per heavy atom. The summed E-state index contributed by atoms with van der Waals surface area (Å²) in [5, 5.41) is 3.74. The highest BCUT2D eigenvalue weighted by Gasteiger charge is 2.38. The fourth-order valence-corrected chi connectivity index (χ4v) is 3.72. The van der Waals surface area contributed by atoms with Crippen LogP contribution in [-0.4, -0.2) is 29.8 Å². The van der Waals surface area contributed by atoms with Crippen LogP contribution in [0.15, 0.2) is 24.5 Å². The maximum absolute atomic E-state index is 6.15. The van der Waals surface area contributed by atoms with Crippen molar-refractivity contribution in [3.63, 3.8) is 0 Å². The topological polar surface area (TPSA) is 34.1 Å². The molecule has 1 atom stereocenters. The molecular weight excluding hydrogens is 248 g/mol. The molecule has 0 aromatic carbocycles. The van der Waals surface area contributed by atoms with Crippen molar-refractivity contribution in [1.82, 2.24) is 10.3 Å². The number of aromatic nitrogens is 1. The molecule has 0 radical (unpaired) electrons. The quantitative estimate of drug-likeness (QED) is 0.916. The number of ether oxygens (including phenoxy) is 1. The predicted octanol–water partition coefficient (Wildman–Crippen LogP) is 3.10. The van der Waals surface area contributed by atoms with E-state index in [4.69, 9.17) is 4.74 Å². The van der Waals surface area contributed by atoms with Gasteiger partial charge in [0.05, 0.1) is 5.60 Å². The van der Waals surface area contributed by atoms with Crippen molar-refractivity contribution in [3.8, 4) is 0 Å². The molecule has 0 amide bonds. The number of nitrogens with one attached hydrogen (secondary N) is 1. The van der Waals surface area contributed by atoms with E-state index in [0.29, 0.717) is 6.04 Å². The van der Waals surface area contributed by atoms with E-state index in [1.807, 2.05) is 12.4 Å². The monoisotopic (exact) mass is 274 g/mol. The maximum atomic E-state index is 6.15. The first-order valence-electron chi connectivity index (χ1n) is 8.13. The summed E-state index contributed by atoms with van der Waals surface area (Å²) in [6.45, 7) is 2.00. The molecule has 1 spiro atoms. The zero-order valence-corrected chi connectivity index (χ0v) is 12.3. The van der Waals surface area contributed by atoms with Gasteiger partial charge in [-0.25, -0.2) is 0 Å². The van der Waals surface area contributed by atoms with Gasteiger partial charge in [0.25, 0.3) is 0 Å². The van der Waals surface area contributed by atoms with E-state index < -0.39 is 0 Å². The first kappa shape index (κ1) is 14.0. The first-order chi connectivity index (χ1) is 9.86. The molecule has 20 heavy (non-hydrogen) atoms. The van der Waals surface area contributed by atoms with Gasteiger partial charge in [0.15, 0.2) is 0 Å². The van der Waals surface area contributed by atoms with Gasteiger partial charge < -0.3 is 10.1 Å². The molecular formula is C17H26N2O. The number of hydrogen-bond acceptors (Lipinski definition) is 3. The SMILES string of the molecule is c1cc(CCNC2CCOC3(CCCCC3)C2)ccn1. The van der Waals surface area contributed by atoms with Crippen LogP contribution >= 0.6 is 0 Å². The van der Waals surface area contributed by atoms with Crippen LogP contribution in [0.5, 0.6) is 0 Å². The fraction of sp³-hybridized carbons (Fsp3) is 0.706. The summed E-state index contributed by atoms with van der Waals surface area (Å²) in [7, 11) is 0. The van der Waals surface area contributed by atoms with Crippen LogP contribution in [-0.2, 0) is 11.2 Å². The van der Waals surface area contributed by atoms with Crippen molar-refractivity contribution >= 4 is 0 Å². The Kier molecular flexibility index (Phi) is 4.69. The lowest BCUT2D eigenvalue weighted by atomic mass is 9.78. The Morgan fingerprint density at radius 2 is 2.00 bits per heavy atom. The lowest BCUT2D eigenvalue weighted by Crippen LogP contribution is -2.48. The Balaban J connectivity index is 1.45. The Bertz CT molecular complexity index is 395. The van der Waals surface area contributed by atoms with E-state index in [-0.39, 0.29) is 5.60 Å². The largest absolute Gasteiger partial charge is 0.375 e. The molecule has 110 valence electrons. The minimum Gasteiger partial charge on any atom is -0.375 e. The summed E-state index contributed by atoms with van der Waals surface area (Å²) < 4.78 is 6.15. The van der Waals surface area contributed by atoms with Crippen LogP contribution in [0.2, 0.25) is 0 Å². The molecule has 3 nitrogen and oxygen atoms in total. The second-order valence-electron chi connectivity index (χ2n) is 6.34. The second-order valence-corrected chi connectivity index (χ2v) is 6.34. The minimum atomic E-state index is 0.213. The first-order valence-corrected chi connectivity index (χ1v) is 8.13. The smallest absolute Gasteiger partial charge is 0.0697 e. The Labute approximate surface area is 122 Å². The van der Waals surface area contributed by atoms with Gasteiger partial charge in [0.2, 0.25) is 0 Å². The zero-order valence-electron chi connectivity index (χ0n) is 12.3. The van der Waals surface area contributed by atoms with Gasteiger partial charge in [0.1, 0.15) is 0 Å². The van der Waals surface area contributed by atoms with Gasteiger partial charge in [-0.15, -0.1) is 0 Å². The van der Waals surface area contributed by atoms with Gasteiger partial charge in [-0.1, -0.05) is 19.3 Å². The van der Waals surface area contributed by atoms with Crippen molar-refractivity contribution in [2.45, 2.75) is 63.0 Å². The van der Waals surface area contributed by atoms with E-state index in [0.717, 1.165) is 26.0 Å². The van der Waals surface area contributed by atoms with Gasteiger partial charge in [-0.3, -0.25) is 4.98 Å². The highest BCUT2D eigenvalue weighted by atomic mass is 16.5. The normalized spacial score (nSPS) is 25.7. The molecule has 1 unspecified atom stereocenters. The van der Waals surface area contributed by atoms with Crippen LogP contribution < -0.4 is 5.32 Å². The van der Waals surface area contributed by atoms with Crippen LogP contribution in [0.25, 0.3) is 0 Å². The van der Waals surface area contributed by atoms with E-state index in [1.165, 1.54) is 44.1 Å². The molecule has 0 bridgehead atoms. The molecule has 2 heterocycles. The number of rotatable bonds is 4. The average Bonchev–Trinajstić information content (AvgIpc) is 2.49. The molecule has 2 fully saturated rings. The van der Waals surface area contributed by atoms with Crippen molar-refractivity contribution in [3.05, 3.63) is 30.1 Å². The molecule has 1 N–H and O–H groups in total. The Hall–Kier alpha value is -0.930. The maximum Gasteiger partial charge on any atom is 0.0697 e. The summed E-state index contributed by atoms with van der Waals surface area (Å²) in [5.74, 6) is 0. The molecule has 1 aromatic rings. The lowest BCUT2D eigenvalue weighted by molar-refractivity contribution is -0.109. The van der Waals surface area contributed by atoms with Crippen molar-refractivity contribution in [1.29, 1.82) is 0 Å². The molecule has 3 heteroatoms. The summed E-state index contributed by atoms with van der Waals surface area (Å²) in [6, 6.07) is 4.85. The van der Waals surface area contributed by atoms with E-state index in [1.54, 1.807) is 0 Å². The molecule has 1 saturated heterocycles. The molecule has 1 aliphatic carbocycles. The van der Waals surface area contributed by atoms with Crippen LogP contribution in [0.4, 0.5) is 0 Å². The van der Waals surface area contributed by atoms with E-state index in [9.17, 15) is 0 Å². The summed E-state index contributed by atoms with van der Waals surface area (Å²) in [4.78, 5) is 4.06. The van der Waals surface area contributed by atoms with Crippen molar-refractivity contribution < 1.29 is 4.74 Å².